The molecule has 1 atom stereocenters. The minimum Gasteiger partial charge on any atom is -0.388 e. The first-order valence-corrected chi connectivity index (χ1v) is 5.86. The van der Waals surface area contributed by atoms with E-state index in [1.54, 1.807) is 6.20 Å². The number of nitrogens with zero attached hydrogens (tertiary/aromatic N) is 1. The van der Waals surface area contributed by atoms with Gasteiger partial charge in [-0.2, -0.15) is 0 Å². The summed E-state index contributed by atoms with van der Waals surface area (Å²) in [5.74, 6) is 0.745. The number of pyridine rings is 1. The van der Waals surface area contributed by atoms with Crippen molar-refractivity contribution < 1.29 is 5.11 Å². The van der Waals surface area contributed by atoms with E-state index in [4.69, 9.17) is 0 Å². The molecule has 2 heteroatoms. The van der Waals surface area contributed by atoms with Gasteiger partial charge in [-0.1, -0.05) is 31.0 Å². The minimum atomic E-state index is -0.320. The number of benzene rings is 1. The highest BCUT2D eigenvalue weighted by molar-refractivity contribution is 5.78. The van der Waals surface area contributed by atoms with E-state index in [9.17, 15) is 5.11 Å². The van der Waals surface area contributed by atoms with Crippen molar-refractivity contribution in [2.24, 2.45) is 5.92 Å². The van der Waals surface area contributed by atoms with Crippen molar-refractivity contribution >= 4 is 10.9 Å². The van der Waals surface area contributed by atoms with Crippen molar-refractivity contribution in [2.45, 2.75) is 25.4 Å². The van der Waals surface area contributed by atoms with Gasteiger partial charge in [0, 0.05) is 11.6 Å². The Kier molecular flexibility index (Phi) is 2.37. The highest BCUT2D eigenvalue weighted by Crippen LogP contribution is 2.37. The molecule has 1 aromatic heterocycles. The summed E-state index contributed by atoms with van der Waals surface area (Å²) in [6.07, 6.45) is 4.93. The summed E-state index contributed by atoms with van der Waals surface area (Å²) in [7, 11) is 0. The Morgan fingerprint density at radius 1 is 1.31 bits per heavy atom. The van der Waals surface area contributed by atoms with Crippen molar-refractivity contribution in [2.75, 3.05) is 0 Å². The Morgan fingerprint density at radius 2 is 2.19 bits per heavy atom. The van der Waals surface area contributed by atoms with Gasteiger partial charge in [-0.05, 0) is 30.0 Å². The van der Waals surface area contributed by atoms with Crippen LogP contribution in [-0.4, -0.2) is 10.1 Å². The molecule has 0 spiro atoms. The molecule has 0 saturated heterocycles. The number of fused-ring (bicyclic) bond motifs is 1. The summed E-state index contributed by atoms with van der Waals surface area (Å²) in [5.41, 5.74) is 1.97. The van der Waals surface area contributed by atoms with Crippen LogP contribution in [0.5, 0.6) is 0 Å². The van der Waals surface area contributed by atoms with Crippen molar-refractivity contribution in [3.05, 3.63) is 42.1 Å². The molecule has 1 aliphatic rings. The van der Waals surface area contributed by atoms with Crippen LogP contribution < -0.4 is 0 Å². The molecule has 0 amide bonds. The van der Waals surface area contributed by atoms with Crippen LogP contribution in [0.2, 0.25) is 0 Å². The van der Waals surface area contributed by atoms with Gasteiger partial charge >= 0.3 is 0 Å². The molecule has 1 aromatic carbocycles. The summed E-state index contributed by atoms with van der Waals surface area (Å²) in [4.78, 5) is 4.31. The predicted molar refractivity (Wildman–Crippen MR) is 64.0 cm³/mol. The van der Waals surface area contributed by atoms with Crippen LogP contribution >= 0.6 is 0 Å². The highest BCUT2D eigenvalue weighted by Gasteiger charge is 2.25. The first kappa shape index (κ1) is 9.79. The van der Waals surface area contributed by atoms with Gasteiger partial charge in [-0.15, -0.1) is 0 Å². The van der Waals surface area contributed by atoms with E-state index in [0.29, 0.717) is 0 Å². The van der Waals surface area contributed by atoms with Crippen LogP contribution in [0.15, 0.2) is 36.5 Å². The van der Waals surface area contributed by atoms with Crippen molar-refractivity contribution in [1.82, 2.24) is 4.98 Å². The van der Waals surface area contributed by atoms with Gasteiger partial charge in [-0.3, -0.25) is 4.98 Å². The van der Waals surface area contributed by atoms with Crippen LogP contribution in [0, 0.1) is 5.92 Å². The van der Waals surface area contributed by atoms with Gasteiger partial charge < -0.3 is 5.11 Å². The van der Waals surface area contributed by atoms with E-state index in [1.165, 1.54) is 12.8 Å². The van der Waals surface area contributed by atoms with E-state index in [0.717, 1.165) is 28.8 Å². The summed E-state index contributed by atoms with van der Waals surface area (Å²) in [5, 5.41) is 11.2. The summed E-state index contributed by atoms with van der Waals surface area (Å²) >= 11 is 0. The number of hydrogen-bond donors (Lipinski definition) is 1. The Balaban J connectivity index is 1.91. The Bertz CT molecular complexity index is 505. The lowest BCUT2D eigenvalue weighted by Gasteiger charge is -2.10. The predicted octanol–water partition coefficient (Wildman–Crippen LogP) is 3.07. The van der Waals surface area contributed by atoms with Gasteiger partial charge in [0.15, 0.2) is 0 Å². The van der Waals surface area contributed by atoms with Gasteiger partial charge in [-0.25, -0.2) is 0 Å². The van der Waals surface area contributed by atoms with E-state index < -0.39 is 0 Å². The number of aromatic nitrogens is 1. The van der Waals surface area contributed by atoms with Crippen LogP contribution in [0.4, 0.5) is 0 Å². The second kappa shape index (κ2) is 3.87. The normalized spacial score (nSPS) is 17.6. The summed E-state index contributed by atoms with van der Waals surface area (Å²) in [6.45, 7) is 0. The van der Waals surface area contributed by atoms with E-state index in [1.807, 2.05) is 30.3 Å². The number of hydrogen-bond acceptors (Lipinski definition) is 2. The SMILES string of the molecule is OC(CC1CC1)c1ccc2cccnc2c1. The maximum Gasteiger partial charge on any atom is 0.0793 e. The molecule has 3 rings (SSSR count). The van der Waals surface area contributed by atoms with E-state index in [2.05, 4.69) is 4.98 Å². The van der Waals surface area contributed by atoms with E-state index >= 15 is 0 Å². The van der Waals surface area contributed by atoms with Gasteiger partial charge in [0.05, 0.1) is 11.6 Å². The molecular weight excluding hydrogens is 198 g/mol. The lowest BCUT2D eigenvalue weighted by molar-refractivity contribution is 0.160. The molecule has 0 bridgehead atoms. The van der Waals surface area contributed by atoms with Crippen molar-refractivity contribution in [3.8, 4) is 0 Å². The third-order valence-electron chi connectivity index (χ3n) is 3.27. The average Bonchev–Trinajstić information content (AvgIpc) is 3.12. The molecular formula is C14H15NO. The molecule has 1 unspecified atom stereocenters. The van der Waals surface area contributed by atoms with Crippen LogP contribution in [0.25, 0.3) is 10.9 Å². The quantitative estimate of drug-likeness (QED) is 0.850. The fourth-order valence-electron chi connectivity index (χ4n) is 2.10. The standard InChI is InChI=1S/C14H15NO/c16-14(8-10-3-4-10)12-6-5-11-2-1-7-15-13(11)9-12/h1-2,5-7,9-10,14,16H,3-4,8H2. The Hall–Kier alpha value is -1.41. The molecule has 1 N–H and O–H groups in total. The largest absolute Gasteiger partial charge is 0.388 e. The van der Waals surface area contributed by atoms with Crippen molar-refractivity contribution in [1.29, 1.82) is 0 Å². The first-order valence-electron chi connectivity index (χ1n) is 5.86. The lowest BCUT2D eigenvalue weighted by Crippen LogP contribution is -1.98. The number of rotatable bonds is 3. The topological polar surface area (TPSA) is 33.1 Å². The molecule has 2 nitrogen and oxygen atoms in total. The van der Waals surface area contributed by atoms with Gasteiger partial charge in [0.2, 0.25) is 0 Å². The second-order valence-electron chi connectivity index (χ2n) is 4.65. The Morgan fingerprint density at radius 3 is 3.00 bits per heavy atom. The Labute approximate surface area is 94.9 Å². The zero-order valence-electron chi connectivity index (χ0n) is 9.13. The molecule has 0 radical (unpaired) electrons. The van der Waals surface area contributed by atoms with E-state index in [-0.39, 0.29) is 6.10 Å². The smallest absolute Gasteiger partial charge is 0.0793 e. The fourth-order valence-corrected chi connectivity index (χ4v) is 2.10. The van der Waals surface area contributed by atoms with Gasteiger partial charge in [0.1, 0.15) is 0 Å². The molecule has 2 aromatic rings. The summed E-state index contributed by atoms with van der Waals surface area (Å²) < 4.78 is 0. The zero-order chi connectivity index (χ0) is 11.0. The third kappa shape index (κ3) is 1.93. The van der Waals surface area contributed by atoms with Crippen LogP contribution in [-0.2, 0) is 0 Å². The molecule has 1 aliphatic carbocycles. The molecule has 16 heavy (non-hydrogen) atoms. The number of aliphatic hydroxyl groups excluding tert-OH is 1. The lowest BCUT2D eigenvalue weighted by atomic mass is 10.0. The minimum absolute atomic E-state index is 0.320. The van der Waals surface area contributed by atoms with Crippen LogP contribution in [0.3, 0.4) is 0 Å². The first-order chi connectivity index (χ1) is 7.83. The van der Waals surface area contributed by atoms with Gasteiger partial charge in [0.25, 0.3) is 0 Å². The monoisotopic (exact) mass is 213 g/mol. The van der Waals surface area contributed by atoms with Crippen molar-refractivity contribution in [3.63, 3.8) is 0 Å². The van der Waals surface area contributed by atoms with Crippen LogP contribution in [0.1, 0.15) is 30.9 Å². The molecule has 1 fully saturated rings. The fraction of sp³-hybridized carbons (Fsp3) is 0.357. The molecule has 0 aliphatic heterocycles. The third-order valence-corrected chi connectivity index (χ3v) is 3.27. The maximum atomic E-state index is 10.1. The second-order valence-corrected chi connectivity index (χ2v) is 4.65. The molecule has 1 heterocycles. The molecule has 1 saturated carbocycles. The zero-order valence-corrected chi connectivity index (χ0v) is 9.13. The highest BCUT2D eigenvalue weighted by atomic mass is 16.3. The molecule has 82 valence electrons. The number of aliphatic hydroxyl groups is 1. The average molecular weight is 213 g/mol. The summed E-state index contributed by atoms with van der Waals surface area (Å²) in [6, 6.07) is 10.0. The maximum absolute atomic E-state index is 10.1.